The summed E-state index contributed by atoms with van der Waals surface area (Å²) in [5.74, 6) is 1.49. The third-order valence-corrected chi connectivity index (χ3v) is 4.34. The van der Waals surface area contributed by atoms with Crippen molar-refractivity contribution in [1.29, 1.82) is 0 Å². The zero-order valence-corrected chi connectivity index (χ0v) is 13.2. The molecule has 2 N–H and O–H groups in total. The maximum atomic E-state index is 6.12. The quantitative estimate of drug-likeness (QED) is 0.689. The molecule has 0 aromatic heterocycles. The number of ether oxygens (including phenoxy) is 1. The molecule has 0 radical (unpaired) electrons. The van der Waals surface area contributed by atoms with Crippen LogP contribution in [0.2, 0.25) is 0 Å². The van der Waals surface area contributed by atoms with Crippen LogP contribution in [0.5, 0.6) is 0 Å². The van der Waals surface area contributed by atoms with Gasteiger partial charge in [0.1, 0.15) is 0 Å². The van der Waals surface area contributed by atoms with Crippen molar-refractivity contribution in [2.75, 3.05) is 33.4 Å². The summed E-state index contributed by atoms with van der Waals surface area (Å²) in [6, 6.07) is 0.552. The third-order valence-electron chi connectivity index (χ3n) is 4.34. The van der Waals surface area contributed by atoms with Crippen molar-refractivity contribution in [2.45, 2.75) is 58.4 Å². The highest BCUT2D eigenvalue weighted by Gasteiger charge is 2.27. The predicted molar refractivity (Wildman–Crippen MR) is 82.3 cm³/mol. The van der Waals surface area contributed by atoms with Crippen LogP contribution < -0.4 is 5.73 Å². The van der Waals surface area contributed by atoms with Gasteiger partial charge in [-0.25, -0.2) is 0 Å². The van der Waals surface area contributed by atoms with Crippen LogP contribution in [0.15, 0.2) is 0 Å². The van der Waals surface area contributed by atoms with Crippen molar-refractivity contribution in [2.24, 2.45) is 17.6 Å². The molecule has 1 unspecified atom stereocenters. The molecule has 0 spiro atoms. The van der Waals surface area contributed by atoms with E-state index >= 15 is 0 Å². The number of nitrogens with two attached hydrogens (primary N) is 1. The Morgan fingerprint density at radius 2 is 1.79 bits per heavy atom. The minimum absolute atomic E-state index is 0.552. The Labute approximate surface area is 119 Å². The van der Waals surface area contributed by atoms with Crippen LogP contribution >= 0.6 is 0 Å². The highest BCUT2D eigenvalue weighted by molar-refractivity contribution is 4.82. The van der Waals surface area contributed by atoms with Gasteiger partial charge >= 0.3 is 0 Å². The molecular weight excluding hydrogens is 236 g/mol. The fraction of sp³-hybridized carbons (Fsp3) is 1.00. The molecule has 1 fully saturated rings. The Morgan fingerprint density at radius 3 is 2.26 bits per heavy atom. The van der Waals surface area contributed by atoms with Gasteiger partial charge in [-0.05, 0) is 24.7 Å². The Balaban J connectivity index is 2.63. The molecule has 0 aliphatic heterocycles. The number of rotatable bonds is 8. The first-order chi connectivity index (χ1) is 9.19. The van der Waals surface area contributed by atoms with Gasteiger partial charge < -0.3 is 10.5 Å². The SMILES string of the molecule is COCCN(CC(C)C)C(CN)C1CCCCCC1. The molecule has 0 heterocycles. The monoisotopic (exact) mass is 270 g/mol. The van der Waals surface area contributed by atoms with Gasteiger partial charge in [0.05, 0.1) is 6.61 Å². The molecule has 1 aliphatic carbocycles. The van der Waals surface area contributed by atoms with E-state index in [0.717, 1.165) is 32.2 Å². The number of hydrogen-bond donors (Lipinski definition) is 1. The van der Waals surface area contributed by atoms with Crippen LogP contribution in [0, 0.1) is 11.8 Å². The highest BCUT2D eigenvalue weighted by atomic mass is 16.5. The van der Waals surface area contributed by atoms with Crippen LogP contribution in [0.3, 0.4) is 0 Å². The van der Waals surface area contributed by atoms with Crippen LogP contribution in [-0.4, -0.2) is 44.3 Å². The van der Waals surface area contributed by atoms with Gasteiger partial charge in [-0.3, -0.25) is 4.90 Å². The lowest BCUT2D eigenvalue weighted by atomic mass is 9.90. The zero-order chi connectivity index (χ0) is 14.1. The summed E-state index contributed by atoms with van der Waals surface area (Å²) in [5, 5.41) is 0. The summed E-state index contributed by atoms with van der Waals surface area (Å²) in [6.07, 6.45) is 8.33. The van der Waals surface area contributed by atoms with Crippen LogP contribution in [0.1, 0.15) is 52.4 Å². The first kappa shape index (κ1) is 16.9. The fourth-order valence-corrected chi connectivity index (χ4v) is 3.41. The van der Waals surface area contributed by atoms with E-state index in [0.29, 0.717) is 12.0 Å². The molecule has 1 rings (SSSR count). The van der Waals surface area contributed by atoms with E-state index in [1.54, 1.807) is 7.11 Å². The number of hydrogen-bond acceptors (Lipinski definition) is 3. The first-order valence-corrected chi connectivity index (χ1v) is 8.12. The predicted octanol–water partition coefficient (Wildman–Crippen LogP) is 2.89. The van der Waals surface area contributed by atoms with Gasteiger partial charge in [0, 0.05) is 32.8 Å². The molecule has 0 aromatic rings. The lowest BCUT2D eigenvalue weighted by Gasteiger charge is -2.37. The summed E-state index contributed by atoms with van der Waals surface area (Å²) in [6.45, 7) is 8.35. The lowest BCUT2D eigenvalue weighted by molar-refractivity contribution is 0.0817. The molecule has 0 amide bonds. The topological polar surface area (TPSA) is 38.5 Å². The smallest absolute Gasteiger partial charge is 0.0589 e. The van der Waals surface area contributed by atoms with E-state index < -0.39 is 0 Å². The molecule has 3 heteroatoms. The highest BCUT2D eigenvalue weighted by Crippen LogP contribution is 2.28. The molecule has 114 valence electrons. The van der Waals surface area contributed by atoms with Gasteiger partial charge in [0.25, 0.3) is 0 Å². The van der Waals surface area contributed by atoms with Crippen LogP contribution in [0.4, 0.5) is 0 Å². The van der Waals surface area contributed by atoms with Gasteiger partial charge in [0.2, 0.25) is 0 Å². The first-order valence-electron chi connectivity index (χ1n) is 8.12. The van der Waals surface area contributed by atoms with E-state index in [1.165, 1.54) is 38.5 Å². The van der Waals surface area contributed by atoms with Gasteiger partial charge in [-0.1, -0.05) is 39.5 Å². The Kier molecular flexibility index (Phi) is 8.67. The Morgan fingerprint density at radius 1 is 1.16 bits per heavy atom. The van der Waals surface area contributed by atoms with Crippen molar-refractivity contribution in [3.05, 3.63) is 0 Å². The number of methoxy groups -OCH3 is 1. The van der Waals surface area contributed by atoms with Gasteiger partial charge in [0.15, 0.2) is 0 Å². The minimum atomic E-state index is 0.552. The fourth-order valence-electron chi connectivity index (χ4n) is 3.41. The molecular formula is C16H34N2O. The van der Waals surface area contributed by atoms with Crippen molar-refractivity contribution in [3.63, 3.8) is 0 Å². The standard InChI is InChI=1S/C16H34N2O/c1-14(2)13-18(10-11-19-3)16(12-17)15-8-6-4-5-7-9-15/h14-16H,4-13,17H2,1-3H3. The average Bonchev–Trinajstić information content (AvgIpc) is 2.65. The number of nitrogens with zero attached hydrogens (tertiary/aromatic N) is 1. The van der Waals surface area contributed by atoms with Gasteiger partial charge in [-0.2, -0.15) is 0 Å². The van der Waals surface area contributed by atoms with Crippen molar-refractivity contribution < 1.29 is 4.74 Å². The molecule has 0 aromatic carbocycles. The Hall–Kier alpha value is -0.120. The van der Waals surface area contributed by atoms with Crippen LogP contribution in [0.25, 0.3) is 0 Å². The van der Waals surface area contributed by atoms with Crippen molar-refractivity contribution >= 4 is 0 Å². The van der Waals surface area contributed by atoms with E-state index in [4.69, 9.17) is 10.5 Å². The van der Waals surface area contributed by atoms with Crippen molar-refractivity contribution in [1.82, 2.24) is 4.90 Å². The lowest BCUT2D eigenvalue weighted by Crippen LogP contribution is -2.48. The largest absolute Gasteiger partial charge is 0.383 e. The molecule has 1 saturated carbocycles. The molecule has 0 bridgehead atoms. The van der Waals surface area contributed by atoms with Crippen molar-refractivity contribution in [3.8, 4) is 0 Å². The van der Waals surface area contributed by atoms with Crippen LogP contribution in [-0.2, 0) is 4.74 Å². The van der Waals surface area contributed by atoms with E-state index in [1.807, 2.05) is 0 Å². The molecule has 0 saturated heterocycles. The molecule has 19 heavy (non-hydrogen) atoms. The Bertz CT molecular complexity index is 213. The van der Waals surface area contributed by atoms with Gasteiger partial charge in [-0.15, -0.1) is 0 Å². The summed E-state index contributed by atoms with van der Waals surface area (Å²) in [7, 11) is 1.79. The summed E-state index contributed by atoms with van der Waals surface area (Å²) < 4.78 is 5.28. The molecule has 1 aliphatic rings. The zero-order valence-electron chi connectivity index (χ0n) is 13.2. The second kappa shape index (κ2) is 9.73. The van der Waals surface area contributed by atoms with E-state index in [2.05, 4.69) is 18.7 Å². The maximum absolute atomic E-state index is 6.12. The second-order valence-electron chi connectivity index (χ2n) is 6.44. The summed E-state index contributed by atoms with van der Waals surface area (Å²) >= 11 is 0. The molecule has 3 nitrogen and oxygen atoms in total. The summed E-state index contributed by atoms with van der Waals surface area (Å²) in [4.78, 5) is 2.59. The maximum Gasteiger partial charge on any atom is 0.0589 e. The van der Waals surface area contributed by atoms with E-state index in [9.17, 15) is 0 Å². The summed E-state index contributed by atoms with van der Waals surface area (Å²) in [5.41, 5.74) is 6.12. The second-order valence-corrected chi connectivity index (χ2v) is 6.44. The normalized spacial score (nSPS) is 19.9. The van der Waals surface area contributed by atoms with E-state index in [-0.39, 0.29) is 0 Å². The third kappa shape index (κ3) is 6.24. The minimum Gasteiger partial charge on any atom is -0.383 e. The average molecular weight is 270 g/mol. The molecule has 1 atom stereocenters.